The predicted octanol–water partition coefficient (Wildman–Crippen LogP) is 5.30. The maximum atomic E-state index is 15.0. The first-order valence-corrected chi connectivity index (χ1v) is 19.7. The Morgan fingerprint density at radius 3 is 2.33 bits per heavy atom. The predicted molar refractivity (Wildman–Crippen MR) is 190 cm³/mol. The second-order valence-corrected chi connectivity index (χ2v) is 17.2. The molecule has 1 aliphatic carbocycles. The Morgan fingerprint density at radius 1 is 0.918 bits per heavy atom. The molecular formula is C38H49N5O5S. The molecule has 2 amide bonds. The van der Waals surface area contributed by atoms with Crippen molar-refractivity contribution < 1.29 is 22.7 Å². The number of aromatic nitrogens is 1. The maximum Gasteiger partial charge on any atom is 0.304 e. The van der Waals surface area contributed by atoms with Gasteiger partial charge in [0.2, 0.25) is 5.91 Å². The average Bonchev–Trinajstić information content (AvgIpc) is 3.79. The summed E-state index contributed by atoms with van der Waals surface area (Å²) in [7, 11) is -0.0945. The van der Waals surface area contributed by atoms with Crippen LogP contribution >= 0.6 is 0 Å². The van der Waals surface area contributed by atoms with E-state index in [0.29, 0.717) is 37.5 Å². The Morgan fingerprint density at radius 2 is 1.63 bits per heavy atom. The van der Waals surface area contributed by atoms with Crippen LogP contribution < -0.4 is 9.46 Å². The van der Waals surface area contributed by atoms with Crippen LogP contribution in [0.3, 0.4) is 0 Å². The first-order chi connectivity index (χ1) is 23.6. The fourth-order valence-corrected chi connectivity index (χ4v) is 11.0. The molecule has 8 rings (SSSR count). The third kappa shape index (κ3) is 5.66. The molecule has 1 N–H and O–H groups in total. The van der Waals surface area contributed by atoms with Crippen molar-refractivity contribution in [2.45, 2.75) is 95.7 Å². The Labute approximate surface area is 289 Å². The summed E-state index contributed by atoms with van der Waals surface area (Å²) in [5.41, 5.74) is 5.05. The fourth-order valence-electron chi connectivity index (χ4n) is 9.75. The second-order valence-electron chi connectivity index (χ2n) is 15.5. The third-order valence-electron chi connectivity index (χ3n) is 12.1. The molecular weight excluding hydrogens is 639 g/mol. The van der Waals surface area contributed by atoms with Gasteiger partial charge in [-0.15, -0.1) is 0 Å². The first kappa shape index (κ1) is 32.8. The number of carbonyl (C=O) groups excluding carboxylic acids is 2. The lowest BCUT2D eigenvalue weighted by atomic mass is 9.79. The molecule has 1 aromatic heterocycles. The smallest absolute Gasteiger partial charge is 0.304 e. The van der Waals surface area contributed by atoms with Crippen molar-refractivity contribution in [1.29, 1.82) is 0 Å². The number of piperazine rings is 1. The number of amides is 2. The van der Waals surface area contributed by atoms with Crippen LogP contribution in [0.5, 0.6) is 5.75 Å². The van der Waals surface area contributed by atoms with Gasteiger partial charge in [0.1, 0.15) is 5.75 Å². The van der Waals surface area contributed by atoms with Crippen LogP contribution in [0.25, 0.3) is 22.2 Å². The number of benzene rings is 2. The maximum absolute atomic E-state index is 15.0. The highest BCUT2D eigenvalue weighted by atomic mass is 32.2. The summed E-state index contributed by atoms with van der Waals surface area (Å²) in [6, 6.07) is 12.3. The minimum absolute atomic E-state index is 0.196. The van der Waals surface area contributed by atoms with E-state index < -0.39 is 21.5 Å². The van der Waals surface area contributed by atoms with Crippen LogP contribution in [0, 0.1) is 5.41 Å². The lowest BCUT2D eigenvalue weighted by molar-refractivity contribution is -0.147. The van der Waals surface area contributed by atoms with Crippen molar-refractivity contribution in [2.75, 3.05) is 40.3 Å². The van der Waals surface area contributed by atoms with Crippen molar-refractivity contribution in [3.8, 4) is 17.0 Å². The molecule has 1 saturated carbocycles. The van der Waals surface area contributed by atoms with E-state index in [1.54, 1.807) is 13.2 Å². The zero-order valence-corrected chi connectivity index (χ0v) is 29.9. The molecule has 4 aliphatic heterocycles. The second kappa shape index (κ2) is 12.4. The van der Waals surface area contributed by atoms with Crippen molar-refractivity contribution in [3.05, 3.63) is 53.1 Å². The van der Waals surface area contributed by atoms with Gasteiger partial charge in [0.25, 0.3) is 5.91 Å². The number of rotatable bonds is 6. The molecule has 3 aromatic rings. The normalized spacial score (nSPS) is 26.4. The van der Waals surface area contributed by atoms with Crippen LogP contribution in [0.2, 0.25) is 0 Å². The molecule has 2 aromatic carbocycles. The Bertz CT molecular complexity index is 1900. The number of likely N-dealkylation sites (N-methyl/N-ethyl adjacent to an activating group) is 1. The number of methoxy groups -OCH3 is 1. The fraction of sp³-hybridized carbons (Fsp3) is 0.579. The molecule has 0 spiro atoms. The van der Waals surface area contributed by atoms with E-state index in [0.717, 1.165) is 85.1 Å². The first-order valence-electron chi connectivity index (χ1n) is 18.2. The van der Waals surface area contributed by atoms with Gasteiger partial charge in [-0.3, -0.25) is 9.59 Å². The third-order valence-corrected chi connectivity index (χ3v) is 13.6. The van der Waals surface area contributed by atoms with E-state index >= 15 is 0 Å². The van der Waals surface area contributed by atoms with E-state index in [4.69, 9.17) is 4.74 Å². The van der Waals surface area contributed by atoms with E-state index in [1.807, 2.05) is 18.2 Å². The molecule has 3 atom stereocenters. The molecule has 4 fully saturated rings. The molecule has 49 heavy (non-hydrogen) atoms. The van der Waals surface area contributed by atoms with Crippen LogP contribution in [0.15, 0.2) is 36.4 Å². The van der Waals surface area contributed by atoms with Gasteiger partial charge in [-0.1, -0.05) is 25.3 Å². The van der Waals surface area contributed by atoms with Gasteiger partial charge in [-0.2, -0.15) is 12.7 Å². The highest BCUT2D eigenvalue weighted by molar-refractivity contribution is 7.87. The summed E-state index contributed by atoms with van der Waals surface area (Å²) in [6.07, 6.45) is 9.98. The standard InChI is InChI=1S/C38H49N5O5S/c1-38(37(45)43-28-12-13-29(43)23-40(2)22-28)21-27-19-30(48-3)14-16-31(27)35-34(25-9-5-4-6-10-25)32-15-11-26(20-33(32)42(35)24-38)36(44)39-49(46,47)41-17-7-8-18-41/h11,14-16,19-20,25,28-29H,4-10,12-13,17-18,21-24H2,1-3H3,(H,39,44). The van der Waals surface area contributed by atoms with Crippen molar-refractivity contribution in [2.24, 2.45) is 5.41 Å². The lowest BCUT2D eigenvalue weighted by Gasteiger charge is -2.44. The number of nitrogens with one attached hydrogen (secondary N) is 1. The highest BCUT2D eigenvalue weighted by Crippen LogP contribution is 2.50. The molecule has 3 unspecified atom stereocenters. The van der Waals surface area contributed by atoms with Gasteiger partial charge < -0.3 is 19.1 Å². The van der Waals surface area contributed by atoms with Gasteiger partial charge in [0.15, 0.2) is 0 Å². The zero-order valence-electron chi connectivity index (χ0n) is 29.0. The lowest BCUT2D eigenvalue weighted by Crippen LogP contribution is -2.58. The monoisotopic (exact) mass is 687 g/mol. The summed E-state index contributed by atoms with van der Waals surface area (Å²) in [5, 5.41) is 1.08. The van der Waals surface area contributed by atoms with Gasteiger partial charge in [0.05, 0.1) is 18.2 Å². The molecule has 3 saturated heterocycles. The van der Waals surface area contributed by atoms with E-state index in [1.165, 1.54) is 29.1 Å². The summed E-state index contributed by atoms with van der Waals surface area (Å²) in [5.74, 6) is 0.693. The molecule has 11 heteroatoms. The van der Waals surface area contributed by atoms with E-state index in [2.05, 4.69) is 45.2 Å². The zero-order chi connectivity index (χ0) is 34.1. The van der Waals surface area contributed by atoms with Crippen molar-refractivity contribution in [1.82, 2.24) is 23.4 Å². The molecule has 2 bridgehead atoms. The number of carbonyl (C=O) groups is 2. The number of likely N-dealkylation sites (tertiary alicyclic amines) is 1. The highest BCUT2D eigenvalue weighted by Gasteiger charge is 2.49. The minimum atomic E-state index is -3.93. The van der Waals surface area contributed by atoms with Crippen molar-refractivity contribution in [3.63, 3.8) is 0 Å². The van der Waals surface area contributed by atoms with Crippen LogP contribution in [-0.4, -0.2) is 91.3 Å². The molecule has 0 radical (unpaired) electrons. The average molecular weight is 688 g/mol. The number of hydrogen-bond donors (Lipinski definition) is 1. The van der Waals surface area contributed by atoms with Gasteiger partial charge in [-0.05, 0) is 106 Å². The van der Waals surface area contributed by atoms with Crippen molar-refractivity contribution >= 4 is 32.9 Å². The number of fused-ring (bicyclic) bond motifs is 7. The Kier molecular flexibility index (Phi) is 8.31. The van der Waals surface area contributed by atoms with Gasteiger partial charge in [-0.25, -0.2) is 4.72 Å². The topological polar surface area (TPSA) is 104 Å². The SMILES string of the molecule is COc1ccc2c(c1)CC(C)(C(=O)N1C3CCC1CN(C)C3)Cn1c-2c(C2CCCCC2)c2ccc(C(=O)NS(=O)(=O)N3CCCC3)cc21. The molecule has 5 aliphatic rings. The van der Waals surface area contributed by atoms with Crippen LogP contribution in [0.1, 0.15) is 92.1 Å². The Hall–Kier alpha value is -3.41. The quantitative estimate of drug-likeness (QED) is 0.377. The summed E-state index contributed by atoms with van der Waals surface area (Å²) in [4.78, 5) is 33.2. The summed E-state index contributed by atoms with van der Waals surface area (Å²) < 4.78 is 37.9. The molecule has 5 heterocycles. The number of hydrogen-bond acceptors (Lipinski definition) is 6. The Balaban J connectivity index is 1.29. The van der Waals surface area contributed by atoms with E-state index in [-0.39, 0.29) is 18.0 Å². The van der Waals surface area contributed by atoms with Gasteiger partial charge >= 0.3 is 10.2 Å². The largest absolute Gasteiger partial charge is 0.497 e. The summed E-state index contributed by atoms with van der Waals surface area (Å²) >= 11 is 0. The minimum Gasteiger partial charge on any atom is -0.497 e. The number of ether oxygens (including phenoxy) is 1. The van der Waals surface area contributed by atoms with Crippen LogP contribution in [0.4, 0.5) is 0 Å². The number of nitrogens with zero attached hydrogens (tertiary/aromatic N) is 4. The van der Waals surface area contributed by atoms with Crippen LogP contribution in [-0.2, 0) is 28.0 Å². The van der Waals surface area contributed by atoms with E-state index in [9.17, 15) is 18.0 Å². The molecule has 262 valence electrons. The summed E-state index contributed by atoms with van der Waals surface area (Å²) in [6.45, 7) is 5.21. The molecule has 10 nitrogen and oxygen atoms in total. The van der Waals surface area contributed by atoms with Gasteiger partial charge in [0, 0.05) is 66.8 Å².